The maximum Gasteiger partial charge on any atom is 0.416 e. The summed E-state index contributed by atoms with van der Waals surface area (Å²) in [5.41, 5.74) is -0.0293. The number of hydrogen-bond acceptors (Lipinski definition) is 4. The van der Waals surface area contributed by atoms with E-state index in [0.29, 0.717) is 10.7 Å². The third kappa shape index (κ3) is 4.38. The fourth-order valence-electron chi connectivity index (χ4n) is 3.42. The first kappa shape index (κ1) is 22.4. The molecule has 0 aromatic heterocycles. The van der Waals surface area contributed by atoms with Crippen molar-refractivity contribution in [2.45, 2.75) is 26.1 Å². The van der Waals surface area contributed by atoms with Crippen molar-refractivity contribution in [1.82, 2.24) is 0 Å². The number of nitrogens with zero attached hydrogens (tertiary/aromatic N) is 1. The normalized spacial score (nSPS) is 15.9. The van der Waals surface area contributed by atoms with E-state index in [0.717, 1.165) is 45.1 Å². The molecule has 32 heavy (non-hydrogen) atoms. The highest BCUT2D eigenvalue weighted by atomic mass is 32.2. The second-order valence-corrected chi connectivity index (χ2v) is 9.11. The molecule has 3 aromatic carbocycles. The van der Waals surface area contributed by atoms with Crippen LogP contribution >= 0.6 is 24.0 Å². The van der Waals surface area contributed by atoms with Gasteiger partial charge in [-0.2, -0.15) is 13.2 Å². The van der Waals surface area contributed by atoms with Crippen LogP contribution in [0.3, 0.4) is 0 Å². The number of thioether (sulfide) groups is 1. The van der Waals surface area contributed by atoms with E-state index in [1.165, 1.54) is 12.1 Å². The Kier molecular flexibility index (Phi) is 6.01. The van der Waals surface area contributed by atoms with Crippen molar-refractivity contribution in [2.75, 3.05) is 4.90 Å². The molecule has 1 heterocycles. The van der Waals surface area contributed by atoms with Gasteiger partial charge in [-0.1, -0.05) is 60.4 Å². The fraction of sp³-hybridized carbons (Fsp3) is 0.167. The molecule has 0 aliphatic carbocycles. The van der Waals surface area contributed by atoms with Crippen molar-refractivity contribution in [2.24, 2.45) is 0 Å². The first-order valence-electron chi connectivity index (χ1n) is 9.79. The molecule has 0 saturated carbocycles. The van der Waals surface area contributed by atoms with Crippen LogP contribution in [0.15, 0.2) is 65.6 Å². The maximum absolute atomic E-state index is 13.2. The van der Waals surface area contributed by atoms with Crippen molar-refractivity contribution in [3.63, 3.8) is 0 Å². The Balaban J connectivity index is 1.78. The molecule has 0 atom stereocenters. The molecule has 0 spiro atoms. The second kappa shape index (κ2) is 8.60. The van der Waals surface area contributed by atoms with E-state index in [-0.39, 0.29) is 16.1 Å². The number of ether oxygens (including phenoxy) is 1. The summed E-state index contributed by atoms with van der Waals surface area (Å²) < 4.78 is 45.6. The van der Waals surface area contributed by atoms with Crippen molar-refractivity contribution >= 4 is 56.7 Å². The van der Waals surface area contributed by atoms with Gasteiger partial charge >= 0.3 is 6.18 Å². The highest BCUT2D eigenvalue weighted by Crippen LogP contribution is 2.40. The highest BCUT2D eigenvalue weighted by Gasteiger charge is 2.36. The van der Waals surface area contributed by atoms with Gasteiger partial charge in [-0.25, -0.2) is 0 Å². The molecule has 1 amide bonds. The van der Waals surface area contributed by atoms with E-state index in [2.05, 4.69) is 0 Å². The zero-order valence-electron chi connectivity index (χ0n) is 17.1. The lowest BCUT2D eigenvalue weighted by molar-refractivity contribution is -0.137. The smallest absolute Gasteiger partial charge is 0.416 e. The second-order valence-electron chi connectivity index (χ2n) is 7.43. The zero-order chi connectivity index (χ0) is 23.0. The summed E-state index contributed by atoms with van der Waals surface area (Å²) in [6.07, 6.45) is -2.89. The molecule has 1 aliphatic heterocycles. The quantitative estimate of drug-likeness (QED) is 0.300. The van der Waals surface area contributed by atoms with E-state index < -0.39 is 17.6 Å². The zero-order valence-corrected chi connectivity index (χ0v) is 18.8. The summed E-state index contributed by atoms with van der Waals surface area (Å²) >= 11 is 6.40. The van der Waals surface area contributed by atoms with Gasteiger partial charge in [0.05, 0.1) is 22.3 Å². The Hall–Kier alpha value is -2.84. The van der Waals surface area contributed by atoms with E-state index >= 15 is 0 Å². The lowest BCUT2D eigenvalue weighted by atomic mass is 10.0. The topological polar surface area (TPSA) is 29.5 Å². The Bertz CT molecular complexity index is 1250. The van der Waals surface area contributed by atoms with Gasteiger partial charge in [-0.05, 0) is 55.0 Å². The third-order valence-corrected chi connectivity index (χ3v) is 6.10. The van der Waals surface area contributed by atoms with Gasteiger partial charge < -0.3 is 4.74 Å². The number of rotatable bonds is 4. The first-order chi connectivity index (χ1) is 15.1. The van der Waals surface area contributed by atoms with Gasteiger partial charge in [0.15, 0.2) is 4.32 Å². The molecule has 164 valence electrons. The molecule has 0 bridgehead atoms. The summed E-state index contributed by atoms with van der Waals surface area (Å²) in [5.74, 6) is 0.144. The van der Waals surface area contributed by atoms with Crippen molar-refractivity contribution in [3.05, 3.63) is 76.7 Å². The minimum Gasteiger partial charge on any atom is -0.490 e. The number of benzene rings is 3. The predicted octanol–water partition coefficient (Wildman–Crippen LogP) is 7.05. The van der Waals surface area contributed by atoms with Gasteiger partial charge in [0, 0.05) is 5.56 Å². The molecule has 0 N–H and O–H groups in total. The summed E-state index contributed by atoms with van der Waals surface area (Å²) in [6.45, 7) is 3.82. The molecular formula is C24H18F3NO2S2. The SMILES string of the molecule is CC(C)Oc1ccc2ccccc2c1/C=C1\SC(=S)N(c2cccc(C(F)(F)F)c2)C1=O. The monoisotopic (exact) mass is 473 g/mol. The van der Waals surface area contributed by atoms with Crippen LogP contribution in [0, 0.1) is 0 Å². The lowest BCUT2D eigenvalue weighted by Gasteiger charge is -2.17. The van der Waals surface area contributed by atoms with Crippen molar-refractivity contribution in [3.8, 4) is 5.75 Å². The standard InChI is InChI=1S/C24H18F3NO2S2/c1-14(2)30-20-11-10-15-6-3-4-9-18(15)19(20)13-21-22(29)28(23(31)32-21)17-8-5-7-16(12-17)24(25,26)27/h3-14H,1-2H3/b21-13-. The van der Waals surface area contributed by atoms with E-state index in [1.54, 1.807) is 6.08 Å². The number of amides is 1. The van der Waals surface area contributed by atoms with E-state index in [4.69, 9.17) is 17.0 Å². The minimum atomic E-state index is -4.52. The Morgan fingerprint density at radius 3 is 2.53 bits per heavy atom. The maximum atomic E-state index is 13.2. The van der Waals surface area contributed by atoms with Gasteiger partial charge in [-0.3, -0.25) is 9.69 Å². The largest absolute Gasteiger partial charge is 0.490 e. The van der Waals surface area contributed by atoms with E-state index in [1.807, 2.05) is 50.2 Å². The third-order valence-electron chi connectivity index (χ3n) is 4.79. The van der Waals surface area contributed by atoms with Crippen LogP contribution in [-0.4, -0.2) is 16.3 Å². The van der Waals surface area contributed by atoms with Gasteiger partial charge in [0.1, 0.15) is 5.75 Å². The molecule has 3 aromatic rings. The molecule has 8 heteroatoms. The van der Waals surface area contributed by atoms with Crippen LogP contribution in [0.5, 0.6) is 5.75 Å². The summed E-state index contributed by atoms with van der Waals surface area (Å²) in [4.78, 5) is 14.6. The van der Waals surface area contributed by atoms with Crippen LogP contribution in [0.2, 0.25) is 0 Å². The molecule has 0 unspecified atom stereocenters. The average Bonchev–Trinajstić information content (AvgIpc) is 3.02. The predicted molar refractivity (Wildman–Crippen MR) is 127 cm³/mol. The fourth-order valence-corrected chi connectivity index (χ4v) is 4.70. The highest BCUT2D eigenvalue weighted by molar-refractivity contribution is 8.27. The van der Waals surface area contributed by atoms with Gasteiger partial charge in [-0.15, -0.1) is 0 Å². The molecule has 1 aliphatic rings. The molecule has 1 saturated heterocycles. The average molecular weight is 474 g/mol. The number of hydrogen-bond donors (Lipinski definition) is 0. The summed E-state index contributed by atoms with van der Waals surface area (Å²) in [6, 6.07) is 16.1. The summed E-state index contributed by atoms with van der Waals surface area (Å²) in [5, 5.41) is 1.87. The first-order valence-corrected chi connectivity index (χ1v) is 11.0. The molecule has 4 rings (SSSR count). The van der Waals surface area contributed by atoms with Crippen LogP contribution in [0.25, 0.3) is 16.8 Å². The molecular weight excluding hydrogens is 455 g/mol. The van der Waals surface area contributed by atoms with Crippen LogP contribution in [0.4, 0.5) is 18.9 Å². The number of thiocarbonyl (C=S) groups is 1. The number of halogens is 3. The lowest BCUT2D eigenvalue weighted by Crippen LogP contribution is -2.27. The van der Waals surface area contributed by atoms with Crippen LogP contribution in [-0.2, 0) is 11.0 Å². The number of carbonyl (C=O) groups is 1. The van der Waals surface area contributed by atoms with Crippen LogP contribution in [0.1, 0.15) is 25.0 Å². The Morgan fingerprint density at radius 1 is 1.06 bits per heavy atom. The Morgan fingerprint density at radius 2 is 1.81 bits per heavy atom. The number of carbonyl (C=O) groups excluding carboxylic acids is 1. The molecule has 1 fully saturated rings. The minimum absolute atomic E-state index is 0.0806. The molecule has 0 radical (unpaired) electrons. The van der Waals surface area contributed by atoms with Gasteiger partial charge in [0.25, 0.3) is 5.91 Å². The van der Waals surface area contributed by atoms with Gasteiger partial charge in [0.2, 0.25) is 0 Å². The number of anilines is 1. The van der Waals surface area contributed by atoms with Crippen molar-refractivity contribution < 1.29 is 22.7 Å². The number of alkyl halides is 3. The molecule has 3 nitrogen and oxygen atoms in total. The van der Waals surface area contributed by atoms with E-state index in [9.17, 15) is 18.0 Å². The number of fused-ring (bicyclic) bond motifs is 1. The summed E-state index contributed by atoms with van der Waals surface area (Å²) in [7, 11) is 0. The van der Waals surface area contributed by atoms with Crippen molar-refractivity contribution in [1.29, 1.82) is 0 Å². The Labute approximate surface area is 192 Å². The van der Waals surface area contributed by atoms with Crippen LogP contribution < -0.4 is 9.64 Å².